The minimum atomic E-state index is -3.76. The number of aryl methyl sites for hydroxylation is 1. The van der Waals surface area contributed by atoms with Crippen LogP contribution in [-0.2, 0) is 16.6 Å². The van der Waals surface area contributed by atoms with Gasteiger partial charge in [-0.1, -0.05) is 41.4 Å². The fourth-order valence-electron chi connectivity index (χ4n) is 3.17. The summed E-state index contributed by atoms with van der Waals surface area (Å²) in [4.78, 5) is 16.8. The van der Waals surface area contributed by atoms with Crippen molar-refractivity contribution in [3.05, 3.63) is 107 Å². The highest BCUT2D eigenvalue weighted by atomic mass is 35.5. The van der Waals surface area contributed by atoms with Crippen LogP contribution in [0.1, 0.15) is 21.5 Å². The molecule has 0 unspecified atom stereocenters. The molecule has 0 aliphatic rings. The Bertz CT molecular complexity index is 1370. The molecule has 0 spiro atoms. The van der Waals surface area contributed by atoms with Crippen LogP contribution in [0, 0.1) is 6.92 Å². The molecule has 0 aliphatic heterocycles. The normalized spacial score (nSPS) is 11.2. The van der Waals surface area contributed by atoms with Crippen LogP contribution in [0.15, 0.2) is 90.3 Å². The molecule has 4 aromatic rings. The van der Waals surface area contributed by atoms with Crippen LogP contribution in [0.5, 0.6) is 0 Å². The number of hydrogen-bond acceptors (Lipinski definition) is 4. The lowest BCUT2D eigenvalue weighted by Gasteiger charge is -2.11. The summed E-state index contributed by atoms with van der Waals surface area (Å²) in [5, 5.41) is 2.97. The Kier molecular flexibility index (Phi) is 6.48. The Morgan fingerprint density at radius 1 is 1.03 bits per heavy atom. The van der Waals surface area contributed by atoms with Crippen molar-refractivity contribution in [2.24, 2.45) is 0 Å². The van der Waals surface area contributed by atoms with Crippen molar-refractivity contribution < 1.29 is 13.2 Å². The van der Waals surface area contributed by atoms with Crippen LogP contribution in [0.3, 0.4) is 0 Å². The highest BCUT2D eigenvalue weighted by Gasteiger charge is 2.16. The Morgan fingerprint density at radius 2 is 1.76 bits per heavy atom. The zero-order chi connectivity index (χ0) is 23.4. The van der Waals surface area contributed by atoms with E-state index in [4.69, 9.17) is 11.6 Å². The summed E-state index contributed by atoms with van der Waals surface area (Å²) in [5.41, 5.74) is 3.37. The summed E-state index contributed by atoms with van der Waals surface area (Å²) >= 11 is 6.28. The molecule has 33 heavy (non-hydrogen) atoms. The number of anilines is 1. The summed E-state index contributed by atoms with van der Waals surface area (Å²) in [6.45, 7) is 2.20. The predicted molar refractivity (Wildman–Crippen MR) is 128 cm³/mol. The maximum atomic E-state index is 12.6. The van der Waals surface area contributed by atoms with E-state index in [-0.39, 0.29) is 27.1 Å². The molecule has 0 fully saturated rings. The predicted octanol–water partition coefficient (Wildman–Crippen LogP) is 4.56. The molecule has 2 N–H and O–H groups in total. The number of benzene rings is 3. The van der Waals surface area contributed by atoms with E-state index in [1.165, 1.54) is 30.3 Å². The number of imidazole rings is 1. The van der Waals surface area contributed by atoms with Crippen LogP contribution >= 0.6 is 11.6 Å². The monoisotopic (exact) mass is 480 g/mol. The molecule has 0 aliphatic carbocycles. The fourth-order valence-corrected chi connectivity index (χ4v) is 4.49. The Morgan fingerprint density at radius 3 is 2.39 bits per heavy atom. The van der Waals surface area contributed by atoms with E-state index >= 15 is 0 Å². The molecular weight excluding hydrogens is 460 g/mol. The first-order valence-electron chi connectivity index (χ1n) is 10.1. The molecule has 1 aromatic heterocycles. The van der Waals surface area contributed by atoms with E-state index in [0.717, 1.165) is 16.8 Å². The molecule has 1 amide bonds. The van der Waals surface area contributed by atoms with Crippen molar-refractivity contribution in [3.8, 4) is 5.69 Å². The maximum absolute atomic E-state index is 12.6. The van der Waals surface area contributed by atoms with Gasteiger partial charge < -0.3 is 9.88 Å². The van der Waals surface area contributed by atoms with Gasteiger partial charge in [-0.3, -0.25) is 9.52 Å². The Balaban J connectivity index is 1.40. The largest absolute Gasteiger partial charge is 0.348 e. The minimum Gasteiger partial charge on any atom is -0.348 e. The third-order valence-electron chi connectivity index (χ3n) is 4.99. The number of hydrogen-bond donors (Lipinski definition) is 2. The smallest absolute Gasteiger partial charge is 0.261 e. The van der Waals surface area contributed by atoms with Crippen LogP contribution in [-0.4, -0.2) is 23.9 Å². The molecule has 0 bridgehead atoms. The first-order valence-corrected chi connectivity index (χ1v) is 11.9. The van der Waals surface area contributed by atoms with E-state index in [2.05, 4.69) is 15.0 Å². The average Bonchev–Trinajstić information content (AvgIpc) is 3.33. The SMILES string of the molecule is Cc1ccc(S(=O)(=O)Nc2ccc(C(=O)NCc3ccc(-n4ccnc4)cc3)c(Cl)c2)cc1. The Hall–Kier alpha value is -3.62. The van der Waals surface area contributed by atoms with Crippen molar-refractivity contribution in [3.63, 3.8) is 0 Å². The Labute approximate surface area is 197 Å². The van der Waals surface area contributed by atoms with Gasteiger partial charge in [-0.05, 0) is 55.0 Å². The molecule has 9 heteroatoms. The number of nitrogens with one attached hydrogen (secondary N) is 2. The third-order valence-corrected chi connectivity index (χ3v) is 6.70. The number of amides is 1. The van der Waals surface area contributed by atoms with Crippen LogP contribution < -0.4 is 10.0 Å². The maximum Gasteiger partial charge on any atom is 0.261 e. The van der Waals surface area contributed by atoms with Gasteiger partial charge in [-0.15, -0.1) is 0 Å². The van der Waals surface area contributed by atoms with E-state index in [0.29, 0.717) is 6.54 Å². The highest BCUT2D eigenvalue weighted by molar-refractivity contribution is 7.92. The van der Waals surface area contributed by atoms with Crippen LogP contribution in [0.2, 0.25) is 5.02 Å². The van der Waals surface area contributed by atoms with Gasteiger partial charge in [0.2, 0.25) is 0 Å². The van der Waals surface area contributed by atoms with Gasteiger partial charge in [0, 0.05) is 24.6 Å². The second kappa shape index (κ2) is 9.48. The second-order valence-corrected chi connectivity index (χ2v) is 9.52. The van der Waals surface area contributed by atoms with Crippen molar-refractivity contribution >= 4 is 33.2 Å². The molecule has 4 rings (SSSR count). The summed E-state index contributed by atoms with van der Waals surface area (Å²) in [7, 11) is -3.76. The molecule has 3 aromatic carbocycles. The number of aromatic nitrogens is 2. The topological polar surface area (TPSA) is 93.1 Å². The zero-order valence-corrected chi connectivity index (χ0v) is 19.3. The number of halogens is 1. The van der Waals surface area contributed by atoms with Crippen molar-refractivity contribution in [1.29, 1.82) is 0 Å². The molecule has 7 nitrogen and oxygen atoms in total. The van der Waals surface area contributed by atoms with Gasteiger partial charge in [0.1, 0.15) is 0 Å². The summed E-state index contributed by atoms with van der Waals surface area (Å²) in [6, 6.07) is 18.6. The van der Waals surface area contributed by atoms with Crippen LogP contribution in [0.25, 0.3) is 5.69 Å². The lowest BCUT2D eigenvalue weighted by molar-refractivity contribution is 0.0951. The van der Waals surface area contributed by atoms with Gasteiger partial charge in [0.05, 0.1) is 27.5 Å². The van der Waals surface area contributed by atoms with Gasteiger partial charge >= 0.3 is 0 Å². The molecule has 0 radical (unpaired) electrons. The van der Waals surface area contributed by atoms with Crippen LogP contribution in [0.4, 0.5) is 5.69 Å². The fraction of sp³-hybridized carbons (Fsp3) is 0.0833. The van der Waals surface area contributed by atoms with Crippen molar-refractivity contribution in [2.45, 2.75) is 18.4 Å². The quantitative estimate of drug-likeness (QED) is 0.405. The van der Waals surface area contributed by atoms with E-state index in [9.17, 15) is 13.2 Å². The lowest BCUT2D eigenvalue weighted by atomic mass is 10.1. The molecule has 168 valence electrons. The van der Waals surface area contributed by atoms with Crippen molar-refractivity contribution in [1.82, 2.24) is 14.9 Å². The standard InChI is InChI=1S/C24H21ClN4O3S/c1-17-2-9-21(10-3-17)33(31,32)28-19-6-11-22(23(25)14-19)24(30)27-15-18-4-7-20(8-5-18)29-13-12-26-16-29/h2-14,16,28H,15H2,1H3,(H,27,30). The van der Waals surface area contributed by atoms with E-state index < -0.39 is 10.0 Å². The minimum absolute atomic E-state index is 0.144. The first-order chi connectivity index (χ1) is 15.8. The first kappa shape index (κ1) is 22.6. The number of carbonyl (C=O) groups excluding carboxylic acids is 1. The number of rotatable bonds is 7. The van der Waals surface area contributed by atoms with Crippen molar-refractivity contribution in [2.75, 3.05) is 4.72 Å². The highest BCUT2D eigenvalue weighted by Crippen LogP contribution is 2.24. The van der Waals surface area contributed by atoms with Gasteiger partial charge in [0.15, 0.2) is 0 Å². The molecule has 0 atom stereocenters. The van der Waals surface area contributed by atoms with Gasteiger partial charge in [0.25, 0.3) is 15.9 Å². The molecule has 1 heterocycles. The molecule has 0 saturated heterocycles. The second-order valence-electron chi connectivity index (χ2n) is 7.43. The van der Waals surface area contributed by atoms with Gasteiger partial charge in [-0.2, -0.15) is 0 Å². The average molecular weight is 481 g/mol. The molecular formula is C24H21ClN4O3S. The number of carbonyl (C=O) groups is 1. The van der Waals surface area contributed by atoms with E-state index in [1.54, 1.807) is 24.7 Å². The zero-order valence-electron chi connectivity index (χ0n) is 17.7. The van der Waals surface area contributed by atoms with E-state index in [1.807, 2.05) is 42.0 Å². The lowest BCUT2D eigenvalue weighted by Crippen LogP contribution is -2.23. The number of sulfonamides is 1. The van der Waals surface area contributed by atoms with Gasteiger partial charge in [-0.25, -0.2) is 13.4 Å². The third kappa shape index (κ3) is 5.42. The summed E-state index contributed by atoms with van der Waals surface area (Å²) in [5.74, 6) is -0.355. The summed E-state index contributed by atoms with van der Waals surface area (Å²) in [6.07, 6.45) is 5.27. The molecule has 0 saturated carbocycles. The number of nitrogens with zero attached hydrogens (tertiary/aromatic N) is 2. The summed E-state index contributed by atoms with van der Waals surface area (Å²) < 4.78 is 29.5.